The number of hydrogen-bond acceptors (Lipinski definition) is 8. The van der Waals surface area contributed by atoms with E-state index in [0.717, 1.165) is 10.6 Å². The highest BCUT2D eigenvalue weighted by atomic mass is 32.2. The van der Waals surface area contributed by atoms with Crippen molar-refractivity contribution >= 4 is 32.5 Å². The van der Waals surface area contributed by atoms with Crippen molar-refractivity contribution in [2.75, 3.05) is 23.7 Å². The number of sulfone groups is 1. The number of rotatable bonds is 4. The van der Waals surface area contributed by atoms with Gasteiger partial charge in [-0.3, -0.25) is 14.3 Å². The van der Waals surface area contributed by atoms with Gasteiger partial charge in [-0.1, -0.05) is 20.4 Å². The Hall–Kier alpha value is -4.79. The molecular formula is C32H29F4N5O5S. The molecule has 10 nitrogen and oxygen atoms in total. The summed E-state index contributed by atoms with van der Waals surface area (Å²) < 4.78 is 93.1. The van der Waals surface area contributed by atoms with Crippen molar-refractivity contribution in [2.24, 2.45) is 0 Å². The lowest BCUT2D eigenvalue weighted by molar-refractivity contribution is -0.127. The minimum absolute atomic E-state index is 0.0329. The third-order valence-corrected chi connectivity index (χ3v) is 10.5. The fourth-order valence-electron chi connectivity index (χ4n) is 6.68. The largest absolute Gasteiger partial charge is 0.507 e. The molecule has 1 saturated heterocycles. The minimum atomic E-state index is -4.81. The third kappa shape index (κ3) is 4.77. The van der Waals surface area contributed by atoms with Crippen LogP contribution in [0.2, 0.25) is 0 Å². The summed E-state index contributed by atoms with van der Waals surface area (Å²) in [5.74, 6) is -9.96. The Bertz CT molecular complexity index is 2210. The first-order valence-electron chi connectivity index (χ1n) is 14.6. The standard InChI is InChI=1S/C32H29F4N5O5S/c1-6-20(43)39-11-16(5)40-17(12-39)13-47(45,46)30-23-29(25(35)22(26(30)36)21-19(42)8-7-18(33)24(21)34)41(32(44)38-31(23)40)28-15(4)9-10-37-27(28)14(2)3/h6-10,14,16-17,42H,1,11-13H2,2-5H3. The average Bonchev–Trinajstić information content (AvgIpc) is 3.09. The lowest BCUT2D eigenvalue weighted by Gasteiger charge is -2.45. The summed E-state index contributed by atoms with van der Waals surface area (Å²) in [4.78, 5) is 37.0. The summed E-state index contributed by atoms with van der Waals surface area (Å²) in [5, 5.41) is 9.98. The van der Waals surface area contributed by atoms with E-state index in [9.17, 15) is 27.5 Å². The molecule has 0 saturated carbocycles. The first-order valence-corrected chi connectivity index (χ1v) is 16.3. The van der Waals surface area contributed by atoms with Gasteiger partial charge >= 0.3 is 5.69 Å². The number of halogens is 4. The number of fused-ring (bicyclic) bond motifs is 2. The molecule has 6 rings (SSSR count). The Balaban J connectivity index is 1.86. The number of nitrogens with zero attached hydrogens (tertiary/aromatic N) is 5. The second-order valence-electron chi connectivity index (χ2n) is 12.0. The van der Waals surface area contributed by atoms with Gasteiger partial charge in [0.15, 0.2) is 33.1 Å². The Labute approximate surface area is 266 Å². The van der Waals surface area contributed by atoms with Crippen LogP contribution in [0.5, 0.6) is 5.75 Å². The second-order valence-corrected chi connectivity index (χ2v) is 14.0. The molecule has 2 aliphatic rings. The molecule has 2 atom stereocenters. The minimum Gasteiger partial charge on any atom is -0.507 e. The van der Waals surface area contributed by atoms with Crippen LogP contribution >= 0.6 is 0 Å². The number of pyridine rings is 1. The molecule has 2 aliphatic heterocycles. The molecule has 0 radical (unpaired) electrons. The van der Waals surface area contributed by atoms with Crippen LogP contribution in [0.3, 0.4) is 0 Å². The molecule has 0 spiro atoms. The van der Waals surface area contributed by atoms with Gasteiger partial charge in [0.2, 0.25) is 5.91 Å². The number of carbonyl (C=O) groups is 1. The van der Waals surface area contributed by atoms with Gasteiger partial charge < -0.3 is 14.9 Å². The van der Waals surface area contributed by atoms with Crippen LogP contribution in [0.1, 0.15) is 37.9 Å². The fraction of sp³-hybridized carbons (Fsp3) is 0.312. The van der Waals surface area contributed by atoms with Crippen LogP contribution in [-0.2, 0) is 14.6 Å². The summed E-state index contributed by atoms with van der Waals surface area (Å²) in [6.07, 6.45) is 2.52. The van der Waals surface area contributed by atoms with E-state index in [4.69, 9.17) is 0 Å². The number of aromatic nitrogens is 3. The average molecular weight is 672 g/mol. The van der Waals surface area contributed by atoms with Crippen molar-refractivity contribution in [2.45, 2.75) is 50.6 Å². The topological polar surface area (TPSA) is 126 Å². The molecule has 1 amide bonds. The smallest absolute Gasteiger partial charge is 0.354 e. The molecular weight excluding hydrogens is 642 g/mol. The van der Waals surface area contributed by atoms with Gasteiger partial charge in [-0.2, -0.15) is 4.98 Å². The molecule has 1 fully saturated rings. The molecule has 1 N–H and O–H groups in total. The normalized spacial score (nSPS) is 18.7. The van der Waals surface area contributed by atoms with E-state index in [1.807, 2.05) is 0 Å². The van der Waals surface area contributed by atoms with Crippen LogP contribution < -0.4 is 10.6 Å². The van der Waals surface area contributed by atoms with Crippen molar-refractivity contribution in [1.82, 2.24) is 19.4 Å². The fourth-order valence-corrected chi connectivity index (χ4v) is 8.49. The van der Waals surface area contributed by atoms with Gasteiger partial charge in [0.1, 0.15) is 16.5 Å². The Morgan fingerprint density at radius 1 is 1.09 bits per heavy atom. The van der Waals surface area contributed by atoms with Crippen molar-refractivity contribution in [1.29, 1.82) is 0 Å². The van der Waals surface area contributed by atoms with Crippen molar-refractivity contribution in [3.05, 3.63) is 82.1 Å². The number of phenols is 1. The zero-order valence-electron chi connectivity index (χ0n) is 25.7. The Kier molecular flexibility index (Phi) is 7.65. The number of aromatic hydroxyl groups is 1. The number of anilines is 1. The number of amides is 1. The van der Waals surface area contributed by atoms with Crippen molar-refractivity contribution in [3.8, 4) is 22.6 Å². The highest BCUT2D eigenvalue weighted by Crippen LogP contribution is 2.47. The lowest BCUT2D eigenvalue weighted by Crippen LogP contribution is -2.61. The van der Waals surface area contributed by atoms with Gasteiger partial charge in [0, 0.05) is 25.3 Å². The number of aryl methyl sites for hydroxylation is 1. The maximum absolute atomic E-state index is 17.2. The first-order chi connectivity index (χ1) is 22.1. The van der Waals surface area contributed by atoms with E-state index in [1.54, 1.807) is 27.7 Å². The molecule has 2 aromatic heterocycles. The van der Waals surface area contributed by atoms with Crippen LogP contribution in [-0.4, -0.2) is 69.8 Å². The second kappa shape index (κ2) is 11.2. The van der Waals surface area contributed by atoms with Gasteiger partial charge in [-0.25, -0.2) is 30.8 Å². The lowest BCUT2D eigenvalue weighted by atomic mass is 9.98. The van der Waals surface area contributed by atoms with E-state index < -0.39 is 95.2 Å². The van der Waals surface area contributed by atoms with Crippen LogP contribution in [0, 0.1) is 30.2 Å². The predicted octanol–water partition coefficient (Wildman–Crippen LogP) is 4.52. The van der Waals surface area contributed by atoms with Crippen molar-refractivity contribution < 1.29 is 35.9 Å². The van der Waals surface area contributed by atoms with Gasteiger partial charge in [0.05, 0.1) is 45.2 Å². The number of hydrogen-bond donors (Lipinski definition) is 1. The molecule has 4 heterocycles. The quantitative estimate of drug-likeness (QED) is 0.191. The van der Waals surface area contributed by atoms with E-state index in [2.05, 4.69) is 16.5 Å². The molecule has 2 unspecified atom stereocenters. The maximum Gasteiger partial charge on any atom is 0.354 e. The third-order valence-electron chi connectivity index (χ3n) is 8.64. The number of phenolic OH excluding ortho intramolecular Hbond substituents is 1. The molecule has 246 valence electrons. The van der Waals surface area contributed by atoms with Crippen LogP contribution in [0.25, 0.3) is 27.7 Å². The highest BCUT2D eigenvalue weighted by Gasteiger charge is 2.45. The SMILES string of the molecule is C=CC(=O)N1CC(C)N2c3nc(=O)n(-c4c(C)ccnc4C(C)C)c4c(F)c(-c5c(O)ccc(F)c5F)c(F)c(c34)S(=O)(=O)CC2C1. The van der Waals surface area contributed by atoms with E-state index in [0.29, 0.717) is 17.7 Å². The Morgan fingerprint density at radius 2 is 1.79 bits per heavy atom. The summed E-state index contributed by atoms with van der Waals surface area (Å²) >= 11 is 0. The van der Waals surface area contributed by atoms with Gasteiger partial charge in [-0.15, -0.1) is 0 Å². The van der Waals surface area contributed by atoms with Crippen LogP contribution in [0.15, 0.2) is 46.7 Å². The number of benzene rings is 2. The predicted molar refractivity (Wildman–Crippen MR) is 165 cm³/mol. The monoisotopic (exact) mass is 671 g/mol. The van der Waals surface area contributed by atoms with E-state index in [1.165, 1.54) is 22.1 Å². The summed E-state index contributed by atoms with van der Waals surface area (Å²) in [7, 11) is -4.81. The van der Waals surface area contributed by atoms with Crippen LogP contribution in [0.4, 0.5) is 23.4 Å². The first kappa shape index (κ1) is 32.2. The zero-order valence-corrected chi connectivity index (χ0v) is 26.5. The summed E-state index contributed by atoms with van der Waals surface area (Å²) in [6, 6.07) is 0.952. The number of piperazine rings is 1. The molecule has 2 aromatic carbocycles. The molecule has 0 bridgehead atoms. The highest BCUT2D eigenvalue weighted by molar-refractivity contribution is 7.91. The molecule has 47 heavy (non-hydrogen) atoms. The zero-order chi connectivity index (χ0) is 34.3. The summed E-state index contributed by atoms with van der Waals surface area (Å²) in [5.41, 5.74) is -3.81. The molecule has 15 heteroatoms. The Morgan fingerprint density at radius 3 is 2.45 bits per heavy atom. The van der Waals surface area contributed by atoms with Gasteiger partial charge in [-0.05, 0) is 49.6 Å². The number of carbonyl (C=O) groups excluding carboxylic acids is 1. The maximum atomic E-state index is 17.2. The van der Waals surface area contributed by atoms with Crippen molar-refractivity contribution in [3.63, 3.8) is 0 Å². The summed E-state index contributed by atoms with van der Waals surface area (Å²) in [6.45, 7) is 10.1. The van der Waals surface area contributed by atoms with E-state index in [-0.39, 0.29) is 36.2 Å². The molecule has 0 aliphatic carbocycles. The van der Waals surface area contributed by atoms with Gasteiger partial charge in [0.25, 0.3) is 0 Å². The molecule has 4 aromatic rings. The van der Waals surface area contributed by atoms with E-state index >= 15 is 13.2 Å².